The van der Waals surface area contributed by atoms with E-state index in [0.29, 0.717) is 18.4 Å². The maximum Gasteiger partial charge on any atom is 0.251 e. The number of sulfone groups is 1. The summed E-state index contributed by atoms with van der Waals surface area (Å²) >= 11 is 0. The van der Waals surface area contributed by atoms with Crippen molar-refractivity contribution < 1.29 is 13.2 Å². The first-order valence-corrected chi connectivity index (χ1v) is 8.35. The number of aromatic nitrogens is 1. The minimum Gasteiger partial charge on any atom is -0.361 e. The Morgan fingerprint density at radius 1 is 1.35 bits per heavy atom. The smallest absolute Gasteiger partial charge is 0.251 e. The minimum atomic E-state index is -3.01. The number of hydrogen-bond donors (Lipinski definition) is 2. The molecule has 0 radical (unpaired) electrons. The summed E-state index contributed by atoms with van der Waals surface area (Å²) in [4.78, 5) is 15.1. The van der Waals surface area contributed by atoms with Gasteiger partial charge in [-0.25, -0.2) is 8.42 Å². The molecule has 2 heterocycles. The van der Waals surface area contributed by atoms with E-state index >= 15 is 0 Å². The Kier molecular flexibility index (Phi) is 3.25. The van der Waals surface area contributed by atoms with Crippen LogP contribution in [0.2, 0.25) is 0 Å². The van der Waals surface area contributed by atoms with Crippen molar-refractivity contribution in [2.45, 2.75) is 18.1 Å². The average molecular weight is 292 g/mol. The average Bonchev–Trinajstić information content (AvgIpc) is 3.01. The van der Waals surface area contributed by atoms with Crippen LogP contribution in [0.5, 0.6) is 0 Å². The van der Waals surface area contributed by atoms with Crippen molar-refractivity contribution in [2.24, 2.45) is 0 Å². The zero-order valence-corrected chi connectivity index (χ0v) is 11.7. The van der Waals surface area contributed by atoms with Gasteiger partial charge in [0.15, 0.2) is 9.84 Å². The van der Waals surface area contributed by atoms with Crippen LogP contribution in [0.25, 0.3) is 10.9 Å². The van der Waals surface area contributed by atoms with Crippen molar-refractivity contribution in [1.29, 1.82) is 0 Å². The number of carbonyl (C=O) groups excluding carboxylic acids is 1. The Morgan fingerprint density at radius 2 is 2.20 bits per heavy atom. The lowest BCUT2D eigenvalue weighted by atomic mass is 10.1. The highest BCUT2D eigenvalue weighted by molar-refractivity contribution is 7.92. The first kappa shape index (κ1) is 13.2. The lowest BCUT2D eigenvalue weighted by Gasteiger charge is -2.10. The van der Waals surface area contributed by atoms with Crippen LogP contribution in [-0.2, 0) is 9.84 Å². The van der Waals surface area contributed by atoms with Gasteiger partial charge in [0, 0.05) is 29.2 Å². The van der Waals surface area contributed by atoms with Gasteiger partial charge < -0.3 is 10.3 Å². The maximum atomic E-state index is 12.1. The number of hydrogen-bond acceptors (Lipinski definition) is 3. The third-order valence-corrected chi connectivity index (χ3v) is 6.04. The van der Waals surface area contributed by atoms with E-state index in [-0.39, 0.29) is 18.2 Å². The highest BCUT2D eigenvalue weighted by atomic mass is 32.2. The highest BCUT2D eigenvalue weighted by Gasteiger charge is 2.31. The topological polar surface area (TPSA) is 79.0 Å². The standard InChI is InChI=1S/C14H16N2O3S/c17-14(16-9-12-2-1-7-20(12,18)19)11-3-4-13-10(8-11)5-6-15-13/h3-6,8,12,15H,1-2,7,9H2,(H,16,17). The minimum absolute atomic E-state index is 0.201. The molecule has 6 heteroatoms. The molecule has 2 N–H and O–H groups in total. The van der Waals surface area contributed by atoms with Crippen molar-refractivity contribution in [3.8, 4) is 0 Å². The number of H-pyrrole nitrogens is 1. The Morgan fingerprint density at radius 3 is 2.95 bits per heavy atom. The second-order valence-electron chi connectivity index (χ2n) is 5.12. The van der Waals surface area contributed by atoms with E-state index in [2.05, 4.69) is 10.3 Å². The quantitative estimate of drug-likeness (QED) is 0.899. The maximum absolute atomic E-state index is 12.1. The number of amides is 1. The fourth-order valence-corrected chi connectivity index (χ4v) is 4.36. The summed E-state index contributed by atoms with van der Waals surface area (Å²) in [7, 11) is -3.01. The summed E-state index contributed by atoms with van der Waals surface area (Å²) in [6, 6.07) is 7.27. The summed E-state index contributed by atoms with van der Waals surface area (Å²) < 4.78 is 23.4. The van der Waals surface area contributed by atoms with Gasteiger partial charge in [-0.2, -0.15) is 0 Å². The van der Waals surface area contributed by atoms with Crippen LogP contribution in [-0.4, -0.2) is 36.9 Å². The second-order valence-corrected chi connectivity index (χ2v) is 7.52. The van der Waals surface area contributed by atoms with Gasteiger partial charge in [-0.05, 0) is 37.1 Å². The van der Waals surface area contributed by atoms with Crippen LogP contribution in [0.3, 0.4) is 0 Å². The third kappa shape index (κ3) is 2.43. The molecule has 1 fully saturated rings. The summed E-state index contributed by atoms with van der Waals surface area (Å²) in [5.74, 6) is 0.0123. The zero-order valence-electron chi connectivity index (χ0n) is 10.9. The summed E-state index contributed by atoms with van der Waals surface area (Å²) in [6.45, 7) is 0.201. The second kappa shape index (κ2) is 4.94. The molecule has 2 aromatic rings. The molecular formula is C14H16N2O3S. The van der Waals surface area contributed by atoms with Gasteiger partial charge in [-0.3, -0.25) is 4.79 Å². The van der Waals surface area contributed by atoms with Gasteiger partial charge in [0.2, 0.25) is 0 Å². The van der Waals surface area contributed by atoms with Gasteiger partial charge in [0.1, 0.15) is 0 Å². The van der Waals surface area contributed by atoms with Crippen LogP contribution in [0.4, 0.5) is 0 Å². The zero-order chi connectivity index (χ0) is 14.2. The van der Waals surface area contributed by atoms with Crippen molar-refractivity contribution in [2.75, 3.05) is 12.3 Å². The molecule has 3 rings (SSSR count). The van der Waals surface area contributed by atoms with Gasteiger partial charge >= 0.3 is 0 Å². The highest BCUT2D eigenvalue weighted by Crippen LogP contribution is 2.19. The van der Waals surface area contributed by atoms with E-state index in [1.54, 1.807) is 12.1 Å². The van der Waals surface area contributed by atoms with Crippen LogP contribution in [0, 0.1) is 0 Å². The van der Waals surface area contributed by atoms with E-state index in [1.165, 1.54) is 0 Å². The number of carbonyl (C=O) groups is 1. The molecule has 0 spiro atoms. The molecule has 5 nitrogen and oxygen atoms in total. The molecule has 0 bridgehead atoms. The molecule has 0 saturated carbocycles. The molecule has 1 unspecified atom stereocenters. The van der Waals surface area contributed by atoms with E-state index in [1.807, 2.05) is 18.3 Å². The molecule has 1 atom stereocenters. The molecular weight excluding hydrogens is 276 g/mol. The largest absolute Gasteiger partial charge is 0.361 e. The van der Waals surface area contributed by atoms with E-state index in [9.17, 15) is 13.2 Å². The summed E-state index contributed by atoms with van der Waals surface area (Å²) in [5.41, 5.74) is 1.52. The number of benzene rings is 1. The summed E-state index contributed by atoms with van der Waals surface area (Å²) in [5, 5.41) is 3.26. The van der Waals surface area contributed by atoms with Crippen molar-refractivity contribution in [3.05, 3.63) is 36.0 Å². The Balaban J connectivity index is 1.70. The SMILES string of the molecule is O=C(NCC1CCCS1(=O)=O)c1ccc2[nH]ccc2c1. The van der Waals surface area contributed by atoms with Gasteiger partial charge in [-0.1, -0.05) is 0 Å². The predicted octanol–water partition coefficient (Wildman–Crippen LogP) is 1.47. The Hall–Kier alpha value is -1.82. The van der Waals surface area contributed by atoms with Crippen molar-refractivity contribution in [1.82, 2.24) is 10.3 Å². The van der Waals surface area contributed by atoms with E-state index in [4.69, 9.17) is 0 Å². The molecule has 1 aromatic carbocycles. The first-order valence-electron chi connectivity index (χ1n) is 6.63. The Labute approximate surface area is 117 Å². The predicted molar refractivity (Wildman–Crippen MR) is 77.4 cm³/mol. The van der Waals surface area contributed by atoms with Gasteiger partial charge in [0.25, 0.3) is 5.91 Å². The van der Waals surface area contributed by atoms with Gasteiger partial charge in [-0.15, -0.1) is 0 Å². The fourth-order valence-electron chi connectivity index (χ4n) is 2.59. The monoisotopic (exact) mass is 292 g/mol. The fraction of sp³-hybridized carbons (Fsp3) is 0.357. The van der Waals surface area contributed by atoms with Crippen LogP contribution in [0.1, 0.15) is 23.2 Å². The first-order chi connectivity index (χ1) is 9.56. The van der Waals surface area contributed by atoms with Crippen LogP contribution in [0.15, 0.2) is 30.5 Å². The third-order valence-electron chi connectivity index (χ3n) is 3.77. The molecule has 0 aliphatic carbocycles. The molecule has 1 aliphatic heterocycles. The van der Waals surface area contributed by atoms with Crippen molar-refractivity contribution in [3.63, 3.8) is 0 Å². The molecule has 1 aromatic heterocycles. The number of rotatable bonds is 3. The molecule has 1 saturated heterocycles. The normalized spacial score (nSPS) is 21.1. The Bertz CT molecular complexity index is 749. The molecule has 106 valence electrons. The molecule has 20 heavy (non-hydrogen) atoms. The lowest BCUT2D eigenvalue weighted by Crippen LogP contribution is -2.34. The molecule has 1 amide bonds. The molecule has 1 aliphatic rings. The lowest BCUT2D eigenvalue weighted by molar-refractivity contribution is 0.0953. The van der Waals surface area contributed by atoms with Crippen molar-refractivity contribution >= 4 is 26.6 Å². The number of aromatic amines is 1. The van der Waals surface area contributed by atoms with E-state index in [0.717, 1.165) is 10.9 Å². The van der Waals surface area contributed by atoms with Crippen LogP contribution >= 0.6 is 0 Å². The van der Waals surface area contributed by atoms with E-state index < -0.39 is 15.1 Å². The van der Waals surface area contributed by atoms with Crippen LogP contribution < -0.4 is 5.32 Å². The summed E-state index contributed by atoms with van der Waals surface area (Å²) in [6.07, 6.45) is 3.15. The number of fused-ring (bicyclic) bond motifs is 1. The number of nitrogens with one attached hydrogen (secondary N) is 2. The van der Waals surface area contributed by atoms with Gasteiger partial charge in [0.05, 0.1) is 11.0 Å².